The second-order valence-corrected chi connectivity index (χ2v) is 3.71. The molecule has 1 aromatic rings. The summed E-state index contributed by atoms with van der Waals surface area (Å²) in [6, 6.07) is 3.29. The molecule has 1 heterocycles. The van der Waals surface area contributed by atoms with Crippen LogP contribution in [0.1, 0.15) is 17.9 Å². The summed E-state index contributed by atoms with van der Waals surface area (Å²) < 4.78 is 18.3. The van der Waals surface area contributed by atoms with E-state index in [2.05, 4.69) is 5.32 Å². The maximum atomic E-state index is 13.5. The monoisotopic (exact) mass is 211 g/mol. The minimum absolute atomic E-state index is 0.0854. The molecule has 1 aromatic carbocycles. The van der Waals surface area contributed by atoms with E-state index in [9.17, 15) is 9.50 Å². The van der Waals surface area contributed by atoms with Crippen LogP contribution in [0.15, 0.2) is 12.1 Å². The highest BCUT2D eigenvalue weighted by molar-refractivity contribution is 5.44. The van der Waals surface area contributed by atoms with Crippen molar-refractivity contribution in [2.24, 2.45) is 0 Å². The van der Waals surface area contributed by atoms with E-state index in [1.54, 1.807) is 12.1 Å². The van der Waals surface area contributed by atoms with Gasteiger partial charge in [-0.25, -0.2) is 0 Å². The molecule has 0 aliphatic carbocycles. The quantitative estimate of drug-likeness (QED) is 0.781. The van der Waals surface area contributed by atoms with Crippen LogP contribution >= 0.6 is 0 Å². The zero-order valence-corrected chi connectivity index (χ0v) is 8.59. The lowest BCUT2D eigenvalue weighted by Crippen LogP contribution is -2.08. The number of phenolic OH excluding ortho intramolecular Hbond substituents is 1. The van der Waals surface area contributed by atoms with Gasteiger partial charge in [-0.1, -0.05) is 6.07 Å². The van der Waals surface area contributed by atoms with Crippen LogP contribution in [-0.2, 0) is 0 Å². The Morgan fingerprint density at radius 2 is 2.33 bits per heavy atom. The van der Waals surface area contributed by atoms with E-state index in [0.717, 1.165) is 19.5 Å². The molecule has 4 heteroatoms. The summed E-state index contributed by atoms with van der Waals surface area (Å²) in [5.41, 5.74) is 0.665. The number of hydrogen-bond acceptors (Lipinski definition) is 3. The van der Waals surface area contributed by atoms with Gasteiger partial charge < -0.3 is 15.2 Å². The standard InChI is InChI=1S/C11H14FNO2/c1-15-9-3-2-8(11(14)10(9)12)7-4-5-13-6-7/h2-3,7,13-14H,4-6H2,1H3. The molecular formula is C11H14FNO2. The fourth-order valence-corrected chi connectivity index (χ4v) is 1.97. The first-order valence-corrected chi connectivity index (χ1v) is 5.00. The lowest BCUT2D eigenvalue weighted by molar-refractivity contribution is 0.360. The van der Waals surface area contributed by atoms with Gasteiger partial charge in [0.15, 0.2) is 11.5 Å². The van der Waals surface area contributed by atoms with Crippen LogP contribution < -0.4 is 10.1 Å². The second-order valence-electron chi connectivity index (χ2n) is 3.71. The Kier molecular flexibility index (Phi) is 2.77. The number of phenols is 1. The Hall–Kier alpha value is -1.29. The Labute approximate surface area is 87.9 Å². The lowest BCUT2D eigenvalue weighted by Gasteiger charge is -2.13. The van der Waals surface area contributed by atoms with Crippen molar-refractivity contribution in [2.75, 3.05) is 20.2 Å². The molecule has 1 unspecified atom stereocenters. The molecule has 0 spiro atoms. The van der Waals surface area contributed by atoms with Crippen molar-refractivity contribution in [3.05, 3.63) is 23.5 Å². The summed E-state index contributed by atoms with van der Waals surface area (Å²) in [7, 11) is 1.38. The fraction of sp³-hybridized carbons (Fsp3) is 0.455. The van der Waals surface area contributed by atoms with Crippen LogP contribution in [0, 0.1) is 5.82 Å². The first kappa shape index (κ1) is 10.2. The van der Waals surface area contributed by atoms with E-state index >= 15 is 0 Å². The van der Waals surface area contributed by atoms with E-state index < -0.39 is 5.82 Å². The predicted molar refractivity (Wildman–Crippen MR) is 54.8 cm³/mol. The minimum Gasteiger partial charge on any atom is -0.505 e. The number of benzene rings is 1. The number of ether oxygens (including phenoxy) is 1. The molecular weight excluding hydrogens is 197 g/mol. The zero-order valence-electron chi connectivity index (χ0n) is 8.59. The van der Waals surface area contributed by atoms with Crippen LogP contribution in [0.5, 0.6) is 11.5 Å². The summed E-state index contributed by atoms with van der Waals surface area (Å²) in [6.07, 6.45) is 0.930. The smallest absolute Gasteiger partial charge is 0.206 e. The number of aromatic hydroxyl groups is 1. The first-order chi connectivity index (χ1) is 7.24. The van der Waals surface area contributed by atoms with Crippen molar-refractivity contribution in [1.29, 1.82) is 0 Å². The Balaban J connectivity index is 2.36. The highest BCUT2D eigenvalue weighted by Crippen LogP contribution is 2.35. The van der Waals surface area contributed by atoms with Gasteiger partial charge in [0.05, 0.1) is 7.11 Å². The molecule has 3 nitrogen and oxygen atoms in total. The maximum Gasteiger partial charge on any atom is 0.206 e. The molecule has 1 aliphatic heterocycles. The predicted octanol–water partition coefficient (Wildman–Crippen LogP) is 1.62. The number of methoxy groups -OCH3 is 1. The first-order valence-electron chi connectivity index (χ1n) is 5.00. The molecule has 2 N–H and O–H groups in total. The summed E-state index contributed by atoms with van der Waals surface area (Å²) in [6.45, 7) is 1.71. The SMILES string of the molecule is COc1ccc(C2CCNC2)c(O)c1F. The van der Waals surface area contributed by atoms with Crippen molar-refractivity contribution >= 4 is 0 Å². The summed E-state index contributed by atoms with van der Waals surface area (Å²) in [5.74, 6) is -0.655. The third-order valence-electron chi connectivity index (χ3n) is 2.83. The van der Waals surface area contributed by atoms with Gasteiger partial charge in [0.25, 0.3) is 0 Å². The number of rotatable bonds is 2. The van der Waals surface area contributed by atoms with Gasteiger partial charge in [0, 0.05) is 18.0 Å². The molecule has 2 rings (SSSR count). The molecule has 0 saturated carbocycles. The van der Waals surface area contributed by atoms with Crippen molar-refractivity contribution in [1.82, 2.24) is 5.32 Å². The number of halogens is 1. The second kappa shape index (κ2) is 4.06. The molecule has 0 bridgehead atoms. The van der Waals surface area contributed by atoms with E-state index in [-0.39, 0.29) is 17.4 Å². The summed E-state index contributed by atoms with van der Waals surface area (Å²) >= 11 is 0. The average Bonchev–Trinajstić information content (AvgIpc) is 2.75. The van der Waals surface area contributed by atoms with Gasteiger partial charge in [-0.15, -0.1) is 0 Å². The van der Waals surface area contributed by atoms with E-state index in [4.69, 9.17) is 4.74 Å². The van der Waals surface area contributed by atoms with Crippen LogP contribution in [0.3, 0.4) is 0 Å². The van der Waals surface area contributed by atoms with Crippen LogP contribution in [0.4, 0.5) is 4.39 Å². The largest absolute Gasteiger partial charge is 0.505 e. The molecule has 1 aliphatic rings. The highest BCUT2D eigenvalue weighted by atomic mass is 19.1. The van der Waals surface area contributed by atoms with Crippen molar-refractivity contribution in [2.45, 2.75) is 12.3 Å². The third-order valence-corrected chi connectivity index (χ3v) is 2.83. The van der Waals surface area contributed by atoms with Gasteiger partial charge in [-0.3, -0.25) is 0 Å². The molecule has 1 saturated heterocycles. The van der Waals surface area contributed by atoms with Crippen LogP contribution in [-0.4, -0.2) is 25.3 Å². The van der Waals surface area contributed by atoms with Crippen LogP contribution in [0.2, 0.25) is 0 Å². The molecule has 0 radical (unpaired) electrons. The fourth-order valence-electron chi connectivity index (χ4n) is 1.97. The highest BCUT2D eigenvalue weighted by Gasteiger charge is 2.22. The lowest BCUT2D eigenvalue weighted by atomic mass is 9.97. The van der Waals surface area contributed by atoms with Crippen molar-refractivity contribution < 1.29 is 14.2 Å². The Morgan fingerprint density at radius 3 is 2.93 bits per heavy atom. The van der Waals surface area contributed by atoms with Gasteiger partial charge >= 0.3 is 0 Å². The third kappa shape index (κ3) is 1.77. The minimum atomic E-state index is -0.665. The molecule has 15 heavy (non-hydrogen) atoms. The zero-order chi connectivity index (χ0) is 10.8. The summed E-state index contributed by atoms with van der Waals surface area (Å²) in [5, 5.41) is 12.9. The van der Waals surface area contributed by atoms with Crippen molar-refractivity contribution in [3.63, 3.8) is 0 Å². The van der Waals surface area contributed by atoms with Gasteiger partial charge in [-0.2, -0.15) is 4.39 Å². The molecule has 0 amide bonds. The maximum absolute atomic E-state index is 13.5. The van der Waals surface area contributed by atoms with Crippen LogP contribution in [0.25, 0.3) is 0 Å². The van der Waals surface area contributed by atoms with Gasteiger partial charge in [-0.05, 0) is 19.0 Å². The van der Waals surface area contributed by atoms with Crippen molar-refractivity contribution in [3.8, 4) is 11.5 Å². The Morgan fingerprint density at radius 1 is 1.53 bits per heavy atom. The number of nitrogens with one attached hydrogen (secondary N) is 1. The summed E-state index contributed by atoms with van der Waals surface area (Å²) in [4.78, 5) is 0. The van der Waals surface area contributed by atoms with Gasteiger partial charge in [0.2, 0.25) is 5.82 Å². The van der Waals surface area contributed by atoms with Gasteiger partial charge in [0.1, 0.15) is 0 Å². The molecule has 82 valence electrons. The average molecular weight is 211 g/mol. The van der Waals surface area contributed by atoms with E-state index in [0.29, 0.717) is 5.56 Å². The topological polar surface area (TPSA) is 41.5 Å². The molecule has 1 fully saturated rings. The molecule has 1 atom stereocenters. The Bertz CT molecular complexity index is 362. The normalized spacial score (nSPS) is 20.5. The molecule has 0 aromatic heterocycles. The van der Waals surface area contributed by atoms with E-state index in [1.807, 2.05) is 0 Å². The number of hydrogen-bond donors (Lipinski definition) is 2. The van der Waals surface area contributed by atoms with E-state index in [1.165, 1.54) is 7.11 Å².